The summed E-state index contributed by atoms with van der Waals surface area (Å²) in [4.78, 5) is 1.22. The van der Waals surface area contributed by atoms with Gasteiger partial charge < -0.3 is 9.84 Å². The zero-order valence-electron chi connectivity index (χ0n) is 9.51. The quantitative estimate of drug-likeness (QED) is 0.810. The van der Waals surface area contributed by atoms with Crippen molar-refractivity contribution in [2.24, 2.45) is 5.92 Å². The Morgan fingerprint density at radius 3 is 2.56 bits per heavy atom. The van der Waals surface area contributed by atoms with Crippen molar-refractivity contribution in [1.82, 2.24) is 0 Å². The molecule has 0 amide bonds. The van der Waals surface area contributed by atoms with Crippen LogP contribution in [0.1, 0.15) is 13.8 Å². The summed E-state index contributed by atoms with van der Waals surface area (Å²) in [5, 5.41) is 9.45. The van der Waals surface area contributed by atoms with Gasteiger partial charge in [0.1, 0.15) is 6.10 Å². The molecule has 1 atom stereocenters. The van der Waals surface area contributed by atoms with Crippen molar-refractivity contribution in [3.8, 4) is 0 Å². The molecule has 0 radical (unpaired) electrons. The lowest BCUT2D eigenvalue weighted by molar-refractivity contribution is -0.0293. The van der Waals surface area contributed by atoms with Crippen molar-refractivity contribution >= 4 is 11.8 Å². The van der Waals surface area contributed by atoms with Crippen LogP contribution in [0.3, 0.4) is 0 Å². The van der Waals surface area contributed by atoms with Gasteiger partial charge in [-0.15, -0.1) is 11.8 Å². The molecule has 0 saturated carbocycles. The van der Waals surface area contributed by atoms with E-state index in [0.29, 0.717) is 5.92 Å². The third-order valence-electron chi connectivity index (χ3n) is 2.60. The van der Waals surface area contributed by atoms with E-state index >= 15 is 0 Å². The summed E-state index contributed by atoms with van der Waals surface area (Å²) in [6, 6.07) is 10.2. The van der Waals surface area contributed by atoms with E-state index in [9.17, 15) is 5.11 Å². The van der Waals surface area contributed by atoms with Gasteiger partial charge in [0.25, 0.3) is 5.95 Å². The Morgan fingerprint density at radius 1 is 1.31 bits per heavy atom. The minimum absolute atomic E-state index is 0.0937. The fourth-order valence-electron chi connectivity index (χ4n) is 1.69. The van der Waals surface area contributed by atoms with Crippen LogP contribution in [-0.4, -0.2) is 17.0 Å². The maximum absolute atomic E-state index is 9.45. The lowest BCUT2D eigenvalue weighted by Gasteiger charge is -2.33. The standard InChI is InChI=1S/C13H16O2S/c1-9(2)12-11(13(14)15-12)8-16-10-6-4-3-5-7-10/h3-7,9,12,14H,8H2,1-2H3. The summed E-state index contributed by atoms with van der Waals surface area (Å²) in [5.41, 5.74) is 1.03. The lowest BCUT2D eigenvalue weighted by Crippen LogP contribution is -2.33. The van der Waals surface area contributed by atoms with Crippen molar-refractivity contribution in [3.63, 3.8) is 0 Å². The number of rotatable bonds is 4. The molecule has 0 fully saturated rings. The molecule has 0 saturated heterocycles. The van der Waals surface area contributed by atoms with E-state index in [-0.39, 0.29) is 12.0 Å². The van der Waals surface area contributed by atoms with E-state index in [2.05, 4.69) is 26.0 Å². The highest BCUT2D eigenvalue weighted by atomic mass is 32.2. The molecule has 2 rings (SSSR count). The summed E-state index contributed by atoms with van der Waals surface area (Å²) < 4.78 is 5.22. The fraction of sp³-hybridized carbons (Fsp3) is 0.385. The molecule has 1 aromatic rings. The minimum Gasteiger partial charge on any atom is -0.481 e. The summed E-state index contributed by atoms with van der Waals surface area (Å²) in [5.74, 6) is 1.35. The first-order valence-electron chi connectivity index (χ1n) is 5.45. The van der Waals surface area contributed by atoms with E-state index in [0.717, 1.165) is 11.3 Å². The van der Waals surface area contributed by atoms with Crippen LogP contribution in [0.15, 0.2) is 46.7 Å². The average Bonchev–Trinajstić information content (AvgIpc) is 2.27. The van der Waals surface area contributed by atoms with E-state index in [1.807, 2.05) is 18.2 Å². The van der Waals surface area contributed by atoms with Gasteiger partial charge in [-0.2, -0.15) is 0 Å². The summed E-state index contributed by atoms with van der Waals surface area (Å²) in [6.45, 7) is 4.20. The molecule has 0 aromatic heterocycles. The highest BCUT2D eigenvalue weighted by Crippen LogP contribution is 2.34. The second-order valence-corrected chi connectivity index (χ2v) is 5.26. The van der Waals surface area contributed by atoms with Gasteiger partial charge in [-0.25, -0.2) is 0 Å². The molecule has 1 unspecified atom stereocenters. The van der Waals surface area contributed by atoms with E-state index in [1.165, 1.54) is 4.90 Å². The van der Waals surface area contributed by atoms with Gasteiger partial charge in [-0.1, -0.05) is 32.0 Å². The Bertz CT molecular complexity index is 384. The number of benzene rings is 1. The van der Waals surface area contributed by atoms with Crippen LogP contribution >= 0.6 is 11.8 Å². The van der Waals surface area contributed by atoms with Crippen molar-refractivity contribution < 1.29 is 9.84 Å². The van der Waals surface area contributed by atoms with Gasteiger partial charge in [0.2, 0.25) is 0 Å². The Balaban J connectivity index is 1.94. The maximum atomic E-state index is 9.45. The number of aliphatic hydroxyl groups is 1. The van der Waals surface area contributed by atoms with Gasteiger partial charge >= 0.3 is 0 Å². The number of aliphatic hydroxyl groups excluding tert-OH is 1. The molecule has 0 spiro atoms. The van der Waals surface area contributed by atoms with Crippen LogP contribution in [0.2, 0.25) is 0 Å². The Morgan fingerprint density at radius 2 is 2.00 bits per heavy atom. The largest absolute Gasteiger partial charge is 0.481 e. The molecule has 3 heteroatoms. The number of ether oxygens (including phenoxy) is 1. The topological polar surface area (TPSA) is 29.5 Å². The molecule has 1 aliphatic heterocycles. The van der Waals surface area contributed by atoms with E-state index in [4.69, 9.17) is 4.74 Å². The lowest BCUT2D eigenvalue weighted by atomic mass is 9.97. The minimum atomic E-state index is 0.0937. The molecule has 1 aromatic carbocycles. The van der Waals surface area contributed by atoms with Gasteiger partial charge in [0, 0.05) is 10.6 Å². The Kier molecular flexibility index (Phi) is 3.44. The van der Waals surface area contributed by atoms with E-state index in [1.54, 1.807) is 11.8 Å². The van der Waals surface area contributed by atoms with Gasteiger partial charge in [-0.3, -0.25) is 0 Å². The van der Waals surface area contributed by atoms with Gasteiger partial charge in [0.15, 0.2) is 0 Å². The smallest absolute Gasteiger partial charge is 0.281 e. The highest BCUT2D eigenvalue weighted by Gasteiger charge is 2.33. The number of hydrogen-bond donors (Lipinski definition) is 1. The summed E-state index contributed by atoms with van der Waals surface area (Å²) in [6.07, 6.45) is 0.0937. The SMILES string of the molecule is CC(C)C1OC(O)=C1CSc1ccccc1. The molecule has 1 N–H and O–H groups in total. The highest BCUT2D eigenvalue weighted by molar-refractivity contribution is 7.99. The molecular weight excluding hydrogens is 220 g/mol. The molecule has 0 aliphatic carbocycles. The van der Waals surface area contributed by atoms with E-state index < -0.39 is 0 Å². The Hall–Kier alpha value is -1.09. The predicted octanol–water partition coefficient (Wildman–Crippen LogP) is 3.60. The first-order chi connectivity index (χ1) is 7.68. The predicted molar refractivity (Wildman–Crippen MR) is 66.5 cm³/mol. The fourth-order valence-corrected chi connectivity index (χ4v) is 2.65. The molecule has 16 heavy (non-hydrogen) atoms. The number of thioether (sulfide) groups is 1. The molecular formula is C13H16O2S. The summed E-state index contributed by atoms with van der Waals surface area (Å²) in [7, 11) is 0. The first kappa shape index (κ1) is 11.4. The first-order valence-corrected chi connectivity index (χ1v) is 6.43. The third kappa shape index (κ3) is 2.35. The summed E-state index contributed by atoms with van der Waals surface area (Å²) >= 11 is 1.73. The normalized spacial score (nSPS) is 19.6. The zero-order chi connectivity index (χ0) is 11.5. The van der Waals surface area contributed by atoms with Crippen LogP contribution in [-0.2, 0) is 4.74 Å². The monoisotopic (exact) mass is 236 g/mol. The van der Waals surface area contributed by atoms with Crippen molar-refractivity contribution in [2.75, 3.05) is 5.75 Å². The van der Waals surface area contributed by atoms with Crippen LogP contribution in [0.5, 0.6) is 0 Å². The Labute approximate surface area is 100 Å². The van der Waals surface area contributed by atoms with Crippen LogP contribution in [0, 0.1) is 5.92 Å². The average molecular weight is 236 g/mol. The van der Waals surface area contributed by atoms with Crippen LogP contribution in [0.25, 0.3) is 0 Å². The third-order valence-corrected chi connectivity index (χ3v) is 3.66. The van der Waals surface area contributed by atoms with Crippen molar-refractivity contribution in [3.05, 3.63) is 41.9 Å². The van der Waals surface area contributed by atoms with Gasteiger partial charge in [-0.05, 0) is 18.1 Å². The van der Waals surface area contributed by atoms with Crippen LogP contribution < -0.4 is 0 Å². The van der Waals surface area contributed by atoms with Crippen molar-refractivity contribution in [1.29, 1.82) is 0 Å². The molecule has 2 nitrogen and oxygen atoms in total. The van der Waals surface area contributed by atoms with Crippen LogP contribution in [0.4, 0.5) is 0 Å². The second kappa shape index (κ2) is 4.83. The molecule has 0 bridgehead atoms. The molecule has 86 valence electrons. The maximum Gasteiger partial charge on any atom is 0.281 e. The second-order valence-electron chi connectivity index (χ2n) is 4.21. The molecule has 1 heterocycles. The van der Waals surface area contributed by atoms with Crippen molar-refractivity contribution in [2.45, 2.75) is 24.8 Å². The van der Waals surface area contributed by atoms with Gasteiger partial charge in [0.05, 0.1) is 5.57 Å². The number of hydrogen-bond acceptors (Lipinski definition) is 3. The zero-order valence-corrected chi connectivity index (χ0v) is 10.3. The molecule has 1 aliphatic rings.